The summed E-state index contributed by atoms with van der Waals surface area (Å²) in [6, 6.07) is 0. The third-order valence-electron chi connectivity index (χ3n) is 1.46. The molecule has 0 fully saturated rings. The molecule has 0 aliphatic rings. The molecule has 84 valence electrons. The van der Waals surface area contributed by atoms with Crippen LogP contribution in [0.1, 0.15) is 13.8 Å². The molecule has 0 aromatic rings. The molecule has 0 aliphatic heterocycles. The van der Waals surface area contributed by atoms with Crippen molar-refractivity contribution in [1.29, 1.82) is 0 Å². The number of ether oxygens (including phenoxy) is 2. The van der Waals surface area contributed by atoms with Crippen molar-refractivity contribution in [3.63, 3.8) is 0 Å². The number of rotatable bonds is 8. The van der Waals surface area contributed by atoms with Crippen molar-refractivity contribution in [2.75, 3.05) is 39.5 Å². The van der Waals surface area contributed by atoms with E-state index in [9.17, 15) is 4.79 Å². The van der Waals surface area contributed by atoms with Gasteiger partial charge in [0.05, 0.1) is 13.2 Å². The predicted molar refractivity (Wildman–Crippen MR) is 54.4 cm³/mol. The summed E-state index contributed by atoms with van der Waals surface area (Å²) >= 11 is 0. The van der Waals surface area contributed by atoms with E-state index in [4.69, 9.17) is 9.47 Å². The number of likely N-dealkylation sites (N-methyl/N-ethyl adjacent to an activating group) is 1. The first-order chi connectivity index (χ1) is 6.81. The van der Waals surface area contributed by atoms with Gasteiger partial charge in [-0.1, -0.05) is 6.92 Å². The minimum Gasteiger partial charge on any atom is -0.447 e. The van der Waals surface area contributed by atoms with Gasteiger partial charge in [-0.3, -0.25) is 0 Å². The molecule has 1 amide bonds. The smallest absolute Gasteiger partial charge is 0.407 e. The molecule has 2 N–H and O–H groups in total. The number of hydrogen-bond acceptors (Lipinski definition) is 4. The van der Waals surface area contributed by atoms with Crippen LogP contribution in [-0.2, 0) is 9.47 Å². The van der Waals surface area contributed by atoms with Gasteiger partial charge in [-0.15, -0.1) is 0 Å². The summed E-state index contributed by atoms with van der Waals surface area (Å²) in [7, 11) is 0. The van der Waals surface area contributed by atoms with Crippen LogP contribution in [0.3, 0.4) is 0 Å². The molecular weight excluding hydrogens is 184 g/mol. The molecule has 0 aromatic heterocycles. The second-order valence-electron chi connectivity index (χ2n) is 2.63. The molecule has 0 atom stereocenters. The fraction of sp³-hybridized carbons (Fsp3) is 0.889. The van der Waals surface area contributed by atoms with E-state index < -0.39 is 0 Å². The van der Waals surface area contributed by atoms with Crippen LogP contribution < -0.4 is 10.6 Å². The van der Waals surface area contributed by atoms with Crippen LogP contribution in [0.25, 0.3) is 0 Å². The summed E-state index contributed by atoms with van der Waals surface area (Å²) in [5.41, 5.74) is 0. The van der Waals surface area contributed by atoms with Crippen LogP contribution in [0, 0.1) is 0 Å². The second-order valence-corrected chi connectivity index (χ2v) is 2.63. The zero-order valence-corrected chi connectivity index (χ0v) is 8.97. The molecule has 0 radical (unpaired) electrons. The first kappa shape index (κ1) is 13.2. The zero-order chi connectivity index (χ0) is 10.6. The lowest BCUT2D eigenvalue weighted by atomic mass is 10.6. The van der Waals surface area contributed by atoms with E-state index in [1.165, 1.54) is 0 Å². The molecule has 0 unspecified atom stereocenters. The fourth-order valence-corrected chi connectivity index (χ4v) is 0.812. The quantitative estimate of drug-likeness (QED) is 0.560. The molecule has 5 heteroatoms. The number of amides is 1. The van der Waals surface area contributed by atoms with E-state index in [1.807, 2.05) is 13.8 Å². The molecule has 0 saturated heterocycles. The van der Waals surface area contributed by atoms with Gasteiger partial charge in [0.25, 0.3) is 0 Å². The van der Waals surface area contributed by atoms with Crippen molar-refractivity contribution >= 4 is 6.09 Å². The molecule has 0 heterocycles. The summed E-state index contributed by atoms with van der Waals surface area (Å²) in [5, 5.41) is 5.65. The Hall–Kier alpha value is -0.810. The van der Waals surface area contributed by atoms with Crippen molar-refractivity contribution in [2.24, 2.45) is 0 Å². The van der Waals surface area contributed by atoms with Gasteiger partial charge >= 0.3 is 6.09 Å². The van der Waals surface area contributed by atoms with Crippen LogP contribution in [0.15, 0.2) is 0 Å². The Morgan fingerprint density at radius 1 is 1.14 bits per heavy atom. The van der Waals surface area contributed by atoms with Crippen molar-refractivity contribution in [1.82, 2.24) is 10.6 Å². The van der Waals surface area contributed by atoms with E-state index in [1.54, 1.807) is 0 Å². The minimum atomic E-state index is -0.386. The highest BCUT2D eigenvalue weighted by Crippen LogP contribution is 1.79. The van der Waals surface area contributed by atoms with Crippen molar-refractivity contribution in [3.05, 3.63) is 0 Å². The maximum Gasteiger partial charge on any atom is 0.407 e. The van der Waals surface area contributed by atoms with Crippen LogP contribution in [0.2, 0.25) is 0 Å². The highest BCUT2D eigenvalue weighted by molar-refractivity contribution is 5.66. The van der Waals surface area contributed by atoms with Crippen molar-refractivity contribution in [2.45, 2.75) is 13.8 Å². The first-order valence-electron chi connectivity index (χ1n) is 5.00. The molecule has 0 bridgehead atoms. The Morgan fingerprint density at radius 2 is 1.93 bits per heavy atom. The summed E-state index contributed by atoms with van der Waals surface area (Å²) in [6.45, 7) is 7.63. The molecule has 0 spiro atoms. The second kappa shape index (κ2) is 10.3. The summed E-state index contributed by atoms with van der Waals surface area (Å²) in [4.78, 5) is 10.8. The van der Waals surface area contributed by atoms with Gasteiger partial charge in [0.2, 0.25) is 0 Å². The Bertz CT molecular complexity index is 142. The van der Waals surface area contributed by atoms with E-state index >= 15 is 0 Å². The molecule has 0 rings (SSSR count). The topological polar surface area (TPSA) is 59.6 Å². The average Bonchev–Trinajstić information content (AvgIpc) is 2.17. The third kappa shape index (κ3) is 9.28. The van der Waals surface area contributed by atoms with Gasteiger partial charge in [0.15, 0.2) is 0 Å². The summed E-state index contributed by atoms with van der Waals surface area (Å²) in [5.74, 6) is 0. The lowest BCUT2D eigenvalue weighted by Gasteiger charge is -2.06. The summed E-state index contributed by atoms with van der Waals surface area (Å²) < 4.78 is 9.99. The number of carbonyl (C=O) groups is 1. The Morgan fingerprint density at radius 3 is 2.57 bits per heavy atom. The number of nitrogens with one attached hydrogen (secondary N) is 2. The maximum absolute atomic E-state index is 10.8. The highest BCUT2D eigenvalue weighted by atomic mass is 16.6. The van der Waals surface area contributed by atoms with Crippen LogP contribution in [-0.4, -0.2) is 45.5 Å². The maximum atomic E-state index is 10.8. The molecular formula is C9H20N2O3. The first-order valence-corrected chi connectivity index (χ1v) is 5.00. The van der Waals surface area contributed by atoms with E-state index in [2.05, 4.69) is 10.6 Å². The molecule has 14 heavy (non-hydrogen) atoms. The van der Waals surface area contributed by atoms with E-state index in [-0.39, 0.29) is 6.09 Å². The molecule has 0 saturated carbocycles. The normalized spacial score (nSPS) is 9.86. The molecule has 5 nitrogen and oxygen atoms in total. The average molecular weight is 204 g/mol. The minimum absolute atomic E-state index is 0.304. The summed E-state index contributed by atoms with van der Waals surface area (Å²) in [6.07, 6.45) is -0.386. The Labute approximate surface area is 85.1 Å². The number of hydrogen-bond donors (Lipinski definition) is 2. The lowest BCUT2D eigenvalue weighted by Crippen LogP contribution is -2.25. The monoisotopic (exact) mass is 204 g/mol. The van der Waals surface area contributed by atoms with Gasteiger partial charge in [-0.2, -0.15) is 0 Å². The van der Waals surface area contributed by atoms with Gasteiger partial charge in [0, 0.05) is 13.1 Å². The van der Waals surface area contributed by atoms with Gasteiger partial charge < -0.3 is 20.1 Å². The van der Waals surface area contributed by atoms with Gasteiger partial charge in [-0.05, 0) is 13.5 Å². The van der Waals surface area contributed by atoms with Crippen molar-refractivity contribution < 1.29 is 14.3 Å². The Balaban J connectivity index is 3.01. The van der Waals surface area contributed by atoms with Crippen LogP contribution in [0.5, 0.6) is 0 Å². The fourth-order valence-electron chi connectivity index (χ4n) is 0.812. The van der Waals surface area contributed by atoms with E-state index in [0.29, 0.717) is 26.4 Å². The number of alkyl carbamates (subject to hydrolysis) is 1. The van der Waals surface area contributed by atoms with Crippen LogP contribution >= 0.6 is 0 Å². The largest absolute Gasteiger partial charge is 0.447 e. The SMILES string of the molecule is CCNCCOCCOC(=O)NCC. The lowest BCUT2D eigenvalue weighted by molar-refractivity contribution is 0.0743. The van der Waals surface area contributed by atoms with Crippen molar-refractivity contribution in [3.8, 4) is 0 Å². The van der Waals surface area contributed by atoms with E-state index in [0.717, 1.165) is 13.1 Å². The van der Waals surface area contributed by atoms with Gasteiger partial charge in [-0.25, -0.2) is 4.79 Å². The predicted octanol–water partition coefficient (Wildman–Crippen LogP) is 0.359. The zero-order valence-electron chi connectivity index (χ0n) is 8.97. The molecule has 0 aliphatic carbocycles. The number of carbonyl (C=O) groups excluding carboxylic acids is 1. The molecule has 0 aromatic carbocycles. The standard InChI is InChI=1S/C9H20N2O3/c1-3-10-5-6-13-7-8-14-9(12)11-4-2/h10H,3-8H2,1-2H3,(H,11,12). The third-order valence-corrected chi connectivity index (χ3v) is 1.46. The highest BCUT2D eigenvalue weighted by Gasteiger charge is 1.97. The Kier molecular flexibility index (Phi) is 9.68. The van der Waals surface area contributed by atoms with Gasteiger partial charge in [0.1, 0.15) is 6.61 Å². The van der Waals surface area contributed by atoms with Crippen LogP contribution in [0.4, 0.5) is 4.79 Å².